The Morgan fingerprint density at radius 1 is 1.24 bits per heavy atom. The van der Waals surface area contributed by atoms with Gasteiger partial charge in [0.05, 0.1) is 5.33 Å². The van der Waals surface area contributed by atoms with Crippen LogP contribution in [-0.2, 0) is 4.79 Å². The molecule has 1 atom stereocenters. The third-order valence-corrected chi connectivity index (χ3v) is 6.01. The minimum atomic E-state index is 0.147. The molecule has 0 aliphatic heterocycles. The zero-order chi connectivity index (χ0) is 12.0. The van der Waals surface area contributed by atoms with Gasteiger partial charge in [0.2, 0.25) is 5.91 Å². The fourth-order valence-electron chi connectivity index (χ4n) is 5.14. The van der Waals surface area contributed by atoms with E-state index in [1.54, 1.807) is 0 Å². The zero-order valence-corrected chi connectivity index (χ0v) is 12.1. The van der Waals surface area contributed by atoms with E-state index in [2.05, 4.69) is 28.2 Å². The first kappa shape index (κ1) is 12.0. The Labute approximate surface area is 112 Å². The predicted molar refractivity (Wildman–Crippen MR) is 72.0 cm³/mol. The molecule has 96 valence electrons. The van der Waals surface area contributed by atoms with Gasteiger partial charge in [0.1, 0.15) is 0 Å². The second kappa shape index (κ2) is 4.25. The smallest absolute Gasteiger partial charge is 0.230 e. The van der Waals surface area contributed by atoms with Gasteiger partial charge in [-0.1, -0.05) is 15.9 Å². The molecule has 0 aromatic heterocycles. The van der Waals surface area contributed by atoms with Gasteiger partial charge in [0, 0.05) is 6.04 Å². The van der Waals surface area contributed by atoms with E-state index in [9.17, 15) is 4.79 Å². The molecule has 4 fully saturated rings. The number of carbonyl (C=O) groups excluding carboxylic acids is 1. The molecular formula is C14H22BrNO. The lowest BCUT2D eigenvalue weighted by molar-refractivity contribution is -0.123. The van der Waals surface area contributed by atoms with Crippen LogP contribution in [0.1, 0.15) is 45.4 Å². The van der Waals surface area contributed by atoms with Gasteiger partial charge >= 0.3 is 0 Å². The van der Waals surface area contributed by atoms with Crippen LogP contribution < -0.4 is 5.32 Å². The number of hydrogen-bond acceptors (Lipinski definition) is 1. The van der Waals surface area contributed by atoms with Crippen molar-refractivity contribution in [2.75, 3.05) is 5.33 Å². The Balaban J connectivity index is 1.75. The lowest BCUT2D eigenvalue weighted by Crippen LogP contribution is -2.56. The van der Waals surface area contributed by atoms with Crippen molar-refractivity contribution in [3.05, 3.63) is 0 Å². The molecule has 3 heteroatoms. The average Bonchev–Trinajstić information content (AvgIpc) is 2.26. The van der Waals surface area contributed by atoms with Gasteiger partial charge in [0.25, 0.3) is 0 Å². The lowest BCUT2D eigenvalue weighted by Gasteiger charge is -2.59. The zero-order valence-electron chi connectivity index (χ0n) is 10.5. The molecule has 4 aliphatic rings. The maximum absolute atomic E-state index is 11.6. The van der Waals surface area contributed by atoms with Gasteiger partial charge in [-0.3, -0.25) is 4.79 Å². The fraction of sp³-hybridized carbons (Fsp3) is 0.929. The SMILES string of the molecule is CC(NC(=O)CBr)C12CC3CC(CC(C3)C1)C2. The number of halogens is 1. The minimum absolute atomic E-state index is 0.147. The first-order valence-electron chi connectivity index (χ1n) is 6.96. The van der Waals surface area contributed by atoms with E-state index in [1.807, 2.05) is 0 Å². The van der Waals surface area contributed by atoms with E-state index in [0.29, 0.717) is 16.8 Å². The van der Waals surface area contributed by atoms with E-state index in [4.69, 9.17) is 0 Å². The molecule has 0 spiro atoms. The standard InChI is InChI=1S/C14H22BrNO/c1-9(16-13(17)8-15)14-5-10-2-11(6-14)4-12(3-10)7-14/h9-12H,2-8H2,1H3,(H,16,17). The van der Waals surface area contributed by atoms with Gasteiger partial charge in [-0.05, 0) is 68.6 Å². The van der Waals surface area contributed by atoms with Crippen LogP contribution in [0, 0.1) is 23.2 Å². The summed E-state index contributed by atoms with van der Waals surface area (Å²) in [4.78, 5) is 11.6. The maximum Gasteiger partial charge on any atom is 0.230 e. The topological polar surface area (TPSA) is 29.1 Å². The Hall–Kier alpha value is -0.0500. The molecule has 0 aromatic rings. The molecule has 4 bridgehead atoms. The van der Waals surface area contributed by atoms with Crippen LogP contribution in [0.3, 0.4) is 0 Å². The predicted octanol–water partition coefficient (Wildman–Crippen LogP) is 3.10. The summed E-state index contributed by atoms with van der Waals surface area (Å²) in [6.07, 6.45) is 8.50. The molecule has 4 rings (SSSR count). The van der Waals surface area contributed by atoms with E-state index in [0.717, 1.165) is 17.8 Å². The van der Waals surface area contributed by atoms with Crippen LogP contribution in [0.15, 0.2) is 0 Å². The highest BCUT2D eigenvalue weighted by Crippen LogP contribution is 2.61. The highest BCUT2D eigenvalue weighted by Gasteiger charge is 2.53. The summed E-state index contributed by atoms with van der Waals surface area (Å²) >= 11 is 3.24. The summed E-state index contributed by atoms with van der Waals surface area (Å²) in [6.45, 7) is 2.23. The van der Waals surface area contributed by atoms with Crippen LogP contribution in [0.5, 0.6) is 0 Å². The Morgan fingerprint density at radius 3 is 2.12 bits per heavy atom. The van der Waals surface area contributed by atoms with Gasteiger partial charge in [-0.2, -0.15) is 0 Å². The average molecular weight is 300 g/mol. The number of rotatable bonds is 3. The Bertz CT molecular complexity index is 293. The number of amides is 1. The first-order valence-corrected chi connectivity index (χ1v) is 8.09. The number of hydrogen-bond donors (Lipinski definition) is 1. The highest BCUT2D eigenvalue weighted by atomic mass is 79.9. The van der Waals surface area contributed by atoms with E-state index < -0.39 is 0 Å². The summed E-state index contributed by atoms with van der Waals surface area (Å²) in [5.41, 5.74) is 0.437. The number of alkyl halides is 1. The molecule has 17 heavy (non-hydrogen) atoms. The molecule has 1 amide bonds. The molecule has 0 saturated heterocycles. The van der Waals surface area contributed by atoms with Crippen LogP contribution in [0.2, 0.25) is 0 Å². The normalized spacial score (nSPS) is 44.7. The third kappa shape index (κ3) is 2.05. The van der Waals surface area contributed by atoms with Crippen molar-refractivity contribution in [1.29, 1.82) is 0 Å². The van der Waals surface area contributed by atoms with Gasteiger partial charge in [0.15, 0.2) is 0 Å². The highest BCUT2D eigenvalue weighted by molar-refractivity contribution is 9.09. The molecular weight excluding hydrogens is 278 g/mol. The van der Waals surface area contributed by atoms with E-state index >= 15 is 0 Å². The number of carbonyl (C=O) groups is 1. The Kier molecular flexibility index (Phi) is 3.00. The largest absolute Gasteiger partial charge is 0.352 e. The monoisotopic (exact) mass is 299 g/mol. The van der Waals surface area contributed by atoms with Crippen LogP contribution in [0.4, 0.5) is 0 Å². The summed E-state index contributed by atoms with van der Waals surface area (Å²) in [5, 5.41) is 3.63. The molecule has 2 nitrogen and oxygen atoms in total. The van der Waals surface area contributed by atoms with Crippen molar-refractivity contribution >= 4 is 21.8 Å². The summed E-state index contributed by atoms with van der Waals surface area (Å²) in [7, 11) is 0. The van der Waals surface area contributed by atoms with Crippen molar-refractivity contribution < 1.29 is 4.79 Å². The quantitative estimate of drug-likeness (QED) is 0.797. The molecule has 1 unspecified atom stereocenters. The number of nitrogens with one attached hydrogen (secondary N) is 1. The molecule has 4 aliphatic carbocycles. The molecule has 0 heterocycles. The molecule has 4 saturated carbocycles. The second-order valence-corrected chi connectivity index (χ2v) is 7.26. The van der Waals surface area contributed by atoms with Gasteiger partial charge in [-0.15, -0.1) is 0 Å². The van der Waals surface area contributed by atoms with Crippen molar-refractivity contribution in [2.45, 2.75) is 51.5 Å². The second-order valence-electron chi connectivity index (χ2n) is 6.70. The van der Waals surface area contributed by atoms with Crippen molar-refractivity contribution in [1.82, 2.24) is 5.32 Å². The first-order chi connectivity index (χ1) is 8.11. The minimum Gasteiger partial charge on any atom is -0.352 e. The van der Waals surface area contributed by atoms with Gasteiger partial charge < -0.3 is 5.32 Å². The van der Waals surface area contributed by atoms with Crippen LogP contribution >= 0.6 is 15.9 Å². The fourth-order valence-corrected chi connectivity index (χ4v) is 5.30. The summed E-state index contributed by atoms with van der Waals surface area (Å²) in [5.74, 6) is 3.03. The molecule has 0 radical (unpaired) electrons. The van der Waals surface area contributed by atoms with Crippen molar-refractivity contribution in [3.63, 3.8) is 0 Å². The maximum atomic E-state index is 11.6. The van der Waals surface area contributed by atoms with Crippen molar-refractivity contribution in [2.24, 2.45) is 23.2 Å². The van der Waals surface area contributed by atoms with Crippen LogP contribution in [0.25, 0.3) is 0 Å². The van der Waals surface area contributed by atoms with Crippen LogP contribution in [-0.4, -0.2) is 17.3 Å². The third-order valence-electron chi connectivity index (χ3n) is 5.50. The van der Waals surface area contributed by atoms with E-state index in [-0.39, 0.29) is 5.91 Å². The van der Waals surface area contributed by atoms with E-state index in [1.165, 1.54) is 38.5 Å². The lowest BCUT2D eigenvalue weighted by atomic mass is 9.48. The summed E-state index contributed by atoms with van der Waals surface area (Å²) < 4.78 is 0. The molecule has 0 aromatic carbocycles. The van der Waals surface area contributed by atoms with Crippen molar-refractivity contribution in [3.8, 4) is 0 Å². The van der Waals surface area contributed by atoms with Gasteiger partial charge in [-0.25, -0.2) is 0 Å². The Morgan fingerprint density at radius 2 is 1.71 bits per heavy atom. The summed E-state index contributed by atoms with van der Waals surface area (Å²) in [6, 6.07) is 0.362. The molecule has 1 N–H and O–H groups in total.